The number of hydrogen-bond acceptors (Lipinski definition) is 4. The van der Waals surface area contributed by atoms with Gasteiger partial charge in [0.05, 0.1) is 5.39 Å². The third kappa shape index (κ3) is 4.91. The summed E-state index contributed by atoms with van der Waals surface area (Å²) in [5, 5.41) is 8.58. The fraction of sp³-hybridized carbons (Fsp3) is 0.423. The second-order valence-corrected chi connectivity index (χ2v) is 8.83. The summed E-state index contributed by atoms with van der Waals surface area (Å²) < 4.78 is 1.41. The van der Waals surface area contributed by atoms with Gasteiger partial charge in [0.15, 0.2) is 5.69 Å². The molecule has 6 heteroatoms. The second kappa shape index (κ2) is 10.1. The molecule has 1 amide bonds. The van der Waals surface area contributed by atoms with Crippen LogP contribution in [0.3, 0.4) is 0 Å². The van der Waals surface area contributed by atoms with Crippen molar-refractivity contribution in [3.05, 3.63) is 75.7 Å². The molecule has 32 heavy (non-hydrogen) atoms. The van der Waals surface area contributed by atoms with E-state index in [1.54, 1.807) is 12.1 Å². The van der Waals surface area contributed by atoms with Crippen LogP contribution in [-0.2, 0) is 19.6 Å². The van der Waals surface area contributed by atoms with Crippen LogP contribution in [0.2, 0.25) is 0 Å². The molecular formula is C26H32N4O2. The van der Waals surface area contributed by atoms with E-state index in [1.807, 2.05) is 25.1 Å². The number of nitrogens with zero attached hydrogens (tertiary/aromatic N) is 3. The molecule has 2 heterocycles. The lowest BCUT2D eigenvalue weighted by atomic mass is 9.98. The first-order valence-corrected chi connectivity index (χ1v) is 11.6. The van der Waals surface area contributed by atoms with E-state index in [2.05, 4.69) is 40.4 Å². The molecule has 4 rings (SSSR count). The van der Waals surface area contributed by atoms with Gasteiger partial charge in [0.2, 0.25) is 0 Å². The van der Waals surface area contributed by atoms with Gasteiger partial charge in [-0.25, -0.2) is 4.68 Å². The quantitative estimate of drug-likeness (QED) is 0.614. The summed E-state index contributed by atoms with van der Waals surface area (Å²) in [6, 6.07) is 15.5. The summed E-state index contributed by atoms with van der Waals surface area (Å²) >= 11 is 0. The number of carbonyl (C=O) groups excluding carboxylic acids is 1. The van der Waals surface area contributed by atoms with Crippen LogP contribution in [0.1, 0.15) is 54.7 Å². The summed E-state index contributed by atoms with van der Waals surface area (Å²) in [6.45, 7) is 8.38. The predicted molar refractivity (Wildman–Crippen MR) is 128 cm³/mol. The molecule has 1 aromatic heterocycles. The summed E-state index contributed by atoms with van der Waals surface area (Å²) in [6.07, 6.45) is 3.26. The molecule has 1 saturated heterocycles. The van der Waals surface area contributed by atoms with Crippen LogP contribution < -0.4 is 10.9 Å². The molecular weight excluding hydrogens is 400 g/mol. The van der Waals surface area contributed by atoms with E-state index >= 15 is 0 Å². The molecule has 0 spiro atoms. The highest BCUT2D eigenvalue weighted by Crippen LogP contribution is 2.20. The van der Waals surface area contributed by atoms with Crippen molar-refractivity contribution in [3.63, 3.8) is 0 Å². The van der Waals surface area contributed by atoms with Crippen molar-refractivity contribution in [2.75, 3.05) is 13.1 Å². The molecule has 1 N–H and O–H groups in total. The maximum Gasteiger partial charge on any atom is 0.274 e. The summed E-state index contributed by atoms with van der Waals surface area (Å²) in [4.78, 5) is 28.3. The van der Waals surface area contributed by atoms with Gasteiger partial charge in [-0.15, -0.1) is 0 Å². The van der Waals surface area contributed by atoms with E-state index in [0.717, 1.165) is 37.5 Å². The number of hydrogen-bond donors (Lipinski definition) is 1. The maximum absolute atomic E-state index is 13.1. The van der Waals surface area contributed by atoms with Crippen LogP contribution in [0.4, 0.5) is 0 Å². The molecule has 6 nitrogen and oxygen atoms in total. The Kier molecular flexibility index (Phi) is 7.00. The first kappa shape index (κ1) is 22.2. The average Bonchev–Trinajstić information content (AvgIpc) is 2.82. The minimum atomic E-state index is -0.257. The van der Waals surface area contributed by atoms with Crippen LogP contribution >= 0.6 is 0 Å². The minimum Gasteiger partial charge on any atom is -0.347 e. The number of piperidine rings is 1. The molecule has 0 bridgehead atoms. The van der Waals surface area contributed by atoms with Crippen LogP contribution in [0.15, 0.2) is 53.3 Å². The number of amides is 1. The van der Waals surface area contributed by atoms with E-state index < -0.39 is 0 Å². The number of aromatic nitrogens is 2. The van der Waals surface area contributed by atoms with Gasteiger partial charge < -0.3 is 5.32 Å². The molecule has 1 aliphatic heterocycles. The lowest BCUT2D eigenvalue weighted by molar-refractivity contribution is 0.0945. The second-order valence-electron chi connectivity index (χ2n) is 8.83. The standard InChI is InChI=1S/C26H32N4O2/c1-3-14-30-26(32)23-11-7-6-10-22(23)24(28-30)25(31)27-17-20-8-4-5-9-21(20)18-29-15-12-19(2)13-16-29/h4-11,19H,3,12-18H2,1-2H3,(H,27,31). The predicted octanol–water partition coefficient (Wildman–Crippen LogP) is 3.97. The molecule has 1 fully saturated rings. The van der Waals surface area contributed by atoms with Gasteiger partial charge in [-0.3, -0.25) is 14.5 Å². The first-order chi connectivity index (χ1) is 15.6. The van der Waals surface area contributed by atoms with Crippen molar-refractivity contribution in [1.82, 2.24) is 20.0 Å². The fourth-order valence-electron chi connectivity index (χ4n) is 4.37. The summed E-state index contributed by atoms with van der Waals surface area (Å²) in [7, 11) is 0. The Labute approximate surface area is 189 Å². The zero-order valence-electron chi connectivity index (χ0n) is 19.0. The molecule has 1 aliphatic rings. The van der Waals surface area contributed by atoms with Gasteiger partial charge in [-0.05, 0) is 55.5 Å². The Bertz CT molecular complexity index is 1150. The fourth-order valence-corrected chi connectivity index (χ4v) is 4.37. The number of nitrogens with one attached hydrogen (secondary N) is 1. The van der Waals surface area contributed by atoms with Gasteiger partial charge in [0.1, 0.15) is 0 Å². The van der Waals surface area contributed by atoms with Crippen molar-refractivity contribution < 1.29 is 4.79 Å². The molecule has 2 aromatic carbocycles. The van der Waals surface area contributed by atoms with E-state index in [1.165, 1.54) is 23.1 Å². The molecule has 0 saturated carbocycles. The van der Waals surface area contributed by atoms with Gasteiger partial charge in [0.25, 0.3) is 11.5 Å². The largest absolute Gasteiger partial charge is 0.347 e. The highest BCUT2D eigenvalue weighted by molar-refractivity contribution is 6.04. The molecule has 0 aliphatic carbocycles. The van der Waals surface area contributed by atoms with Crippen molar-refractivity contribution in [2.45, 2.75) is 52.7 Å². The Morgan fingerprint density at radius 1 is 1.03 bits per heavy atom. The zero-order valence-corrected chi connectivity index (χ0v) is 19.0. The number of fused-ring (bicyclic) bond motifs is 1. The molecule has 0 unspecified atom stereocenters. The number of benzene rings is 2. The van der Waals surface area contributed by atoms with E-state index in [4.69, 9.17) is 0 Å². The van der Waals surface area contributed by atoms with Crippen LogP contribution in [0.5, 0.6) is 0 Å². The number of aryl methyl sites for hydroxylation is 1. The van der Waals surface area contributed by atoms with Crippen molar-refractivity contribution in [3.8, 4) is 0 Å². The Morgan fingerprint density at radius 2 is 1.69 bits per heavy atom. The lowest BCUT2D eigenvalue weighted by Gasteiger charge is -2.30. The first-order valence-electron chi connectivity index (χ1n) is 11.6. The highest BCUT2D eigenvalue weighted by atomic mass is 16.2. The SMILES string of the molecule is CCCn1nc(C(=O)NCc2ccccc2CN2CCC(C)CC2)c2ccccc2c1=O. The van der Waals surface area contributed by atoms with Gasteiger partial charge >= 0.3 is 0 Å². The Hall–Kier alpha value is -2.99. The molecule has 3 aromatic rings. The average molecular weight is 433 g/mol. The lowest BCUT2D eigenvalue weighted by Crippen LogP contribution is -2.33. The highest BCUT2D eigenvalue weighted by Gasteiger charge is 2.19. The zero-order chi connectivity index (χ0) is 22.5. The minimum absolute atomic E-state index is 0.153. The van der Waals surface area contributed by atoms with Crippen molar-refractivity contribution in [2.24, 2.45) is 5.92 Å². The van der Waals surface area contributed by atoms with Crippen LogP contribution in [0.25, 0.3) is 10.8 Å². The summed E-state index contributed by atoms with van der Waals surface area (Å²) in [5.74, 6) is 0.548. The Balaban J connectivity index is 1.53. The number of likely N-dealkylation sites (tertiary alicyclic amines) is 1. The Morgan fingerprint density at radius 3 is 2.41 bits per heavy atom. The normalized spacial score (nSPS) is 15.2. The summed E-state index contributed by atoms with van der Waals surface area (Å²) in [5.41, 5.74) is 2.51. The van der Waals surface area contributed by atoms with E-state index in [-0.39, 0.29) is 11.5 Å². The third-order valence-electron chi connectivity index (χ3n) is 6.35. The number of carbonyl (C=O) groups is 1. The third-order valence-corrected chi connectivity index (χ3v) is 6.35. The van der Waals surface area contributed by atoms with Gasteiger partial charge in [-0.2, -0.15) is 5.10 Å². The topological polar surface area (TPSA) is 67.2 Å². The van der Waals surface area contributed by atoms with E-state index in [0.29, 0.717) is 29.6 Å². The maximum atomic E-state index is 13.1. The van der Waals surface area contributed by atoms with Crippen molar-refractivity contribution in [1.29, 1.82) is 0 Å². The smallest absolute Gasteiger partial charge is 0.274 e. The molecule has 0 radical (unpaired) electrons. The van der Waals surface area contributed by atoms with Crippen LogP contribution in [-0.4, -0.2) is 33.7 Å². The number of rotatable bonds is 7. The van der Waals surface area contributed by atoms with Gasteiger partial charge in [-0.1, -0.05) is 56.3 Å². The van der Waals surface area contributed by atoms with E-state index in [9.17, 15) is 9.59 Å². The molecule has 168 valence electrons. The van der Waals surface area contributed by atoms with Crippen LogP contribution in [0, 0.1) is 5.92 Å². The van der Waals surface area contributed by atoms with Gasteiger partial charge in [0, 0.05) is 25.0 Å². The monoisotopic (exact) mass is 432 g/mol. The molecule has 0 atom stereocenters. The van der Waals surface area contributed by atoms with Crippen molar-refractivity contribution >= 4 is 16.7 Å².